The van der Waals surface area contributed by atoms with Gasteiger partial charge < -0.3 is 5.73 Å². The van der Waals surface area contributed by atoms with Crippen molar-refractivity contribution in [1.29, 1.82) is 0 Å². The van der Waals surface area contributed by atoms with Gasteiger partial charge in [-0.1, -0.05) is 25.5 Å². The lowest BCUT2D eigenvalue weighted by atomic mass is 10.2. The molecule has 1 aliphatic rings. The molecule has 1 aromatic rings. The monoisotopic (exact) mass is 314 g/mol. The van der Waals surface area contributed by atoms with Crippen LogP contribution in [-0.2, 0) is 10.0 Å². The Morgan fingerprint density at radius 3 is 2.85 bits per heavy atom. The average molecular weight is 314 g/mol. The van der Waals surface area contributed by atoms with Gasteiger partial charge in [-0.25, -0.2) is 13.1 Å². The van der Waals surface area contributed by atoms with Crippen molar-refractivity contribution >= 4 is 27.5 Å². The number of hydrogen-bond acceptors (Lipinski definition) is 4. The molecule has 1 fully saturated rings. The largest absolute Gasteiger partial charge is 0.398 e. The van der Waals surface area contributed by atoms with E-state index in [1.807, 2.05) is 24.3 Å². The molecular weight excluding hydrogens is 292 g/mol. The highest BCUT2D eigenvalue weighted by Crippen LogP contribution is 2.35. The van der Waals surface area contributed by atoms with Crippen LogP contribution in [0.4, 0.5) is 5.69 Å². The van der Waals surface area contributed by atoms with Crippen LogP contribution in [0.2, 0.25) is 0 Å². The lowest BCUT2D eigenvalue weighted by Gasteiger charge is -2.07. The first kappa shape index (κ1) is 15.7. The molecule has 0 radical (unpaired) electrons. The number of hydrogen-bond donors (Lipinski definition) is 2. The smallest absolute Gasteiger partial charge is 0.212 e. The number of para-hydroxylation sites is 1. The van der Waals surface area contributed by atoms with Crippen LogP contribution in [0.25, 0.3) is 0 Å². The molecular formula is C14H22N2O2S2. The maximum Gasteiger partial charge on any atom is 0.212 e. The summed E-state index contributed by atoms with van der Waals surface area (Å²) < 4.78 is 26.7. The quantitative estimate of drug-likeness (QED) is 0.571. The summed E-state index contributed by atoms with van der Waals surface area (Å²) in [7, 11) is -3.16. The van der Waals surface area contributed by atoms with Gasteiger partial charge in [0.1, 0.15) is 0 Å². The molecule has 0 aliphatic heterocycles. The third-order valence-electron chi connectivity index (χ3n) is 3.44. The molecule has 0 spiro atoms. The molecule has 20 heavy (non-hydrogen) atoms. The molecule has 0 saturated heterocycles. The second-order valence-electron chi connectivity index (χ2n) is 5.21. The number of nitrogens with two attached hydrogens (primary N) is 1. The van der Waals surface area contributed by atoms with Crippen molar-refractivity contribution in [2.24, 2.45) is 5.92 Å². The molecule has 3 N–H and O–H groups in total. The number of nitrogen functional groups attached to an aromatic ring is 1. The van der Waals surface area contributed by atoms with Gasteiger partial charge in [0.25, 0.3) is 0 Å². The Kier molecular flexibility index (Phi) is 5.35. The molecule has 1 saturated carbocycles. The van der Waals surface area contributed by atoms with E-state index in [1.54, 1.807) is 0 Å². The van der Waals surface area contributed by atoms with Crippen LogP contribution in [0.3, 0.4) is 0 Å². The van der Waals surface area contributed by atoms with E-state index in [9.17, 15) is 8.42 Å². The molecule has 0 bridgehead atoms. The van der Waals surface area contributed by atoms with Crippen LogP contribution >= 0.6 is 11.8 Å². The summed E-state index contributed by atoms with van der Waals surface area (Å²) in [4.78, 5) is 0.943. The first-order chi connectivity index (χ1) is 9.52. The fourth-order valence-corrected chi connectivity index (χ4v) is 4.95. The van der Waals surface area contributed by atoms with Crippen LogP contribution in [0.1, 0.15) is 26.2 Å². The molecule has 1 aromatic carbocycles. The molecule has 6 heteroatoms. The van der Waals surface area contributed by atoms with E-state index in [0.29, 0.717) is 17.4 Å². The number of sulfonamides is 1. The third kappa shape index (κ3) is 4.68. The van der Waals surface area contributed by atoms with Crippen molar-refractivity contribution in [1.82, 2.24) is 4.72 Å². The second kappa shape index (κ2) is 6.83. The topological polar surface area (TPSA) is 72.2 Å². The minimum Gasteiger partial charge on any atom is -0.398 e. The summed E-state index contributed by atoms with van der Waals surface area (Å²) in [5, 5.41) is 0. The number of nitrogens with one attached hydrogen (secondary N) is 1. The predicted molar refractivity (Wildman–Crippen MR) is 85.3 cm³/mol. The van der Waals surface area contributed by atoms with Crippen molar-refractivity contribution < 1.29 is 8.42 Å². The van der Waals surface area contributed by atoms with Crippen LogP contribution < -0.4 is 10.5 Å². The first-order valence-electron chi connectivity index (χ1n) is 6.99. The highest BCUT2D eigenvalue weighted by Gasteiger charge is 2.38. The Morgan fingerprint density at radius 1 is 1.40 bits per heavy atom. The third-order valence-corrected chi connectivity index (χ3v) is 6.19. The van der Waals surface area contributed by atoms with Crippen molar-refractivity contribution in [3.63, 3.8) is 0 Å². The SMILES string of the molecule is CCCC1CC1NS(=O)(=O)CCSc1ccccc1N. The van der Waals surface area contributed by atoms with Crippen molar-refractivity contribution in [2.45, 2.75) is 37.1 Å². The summed E-state index contributed by atoms with van der Waals surface area (Å²) in [5.74, 6) is 1.21. The fraction of sp³-hybridized carbons (Fsp3) is 0.571. The fourth-order valence-electron chi connectivity index (χ4n) is 2.24. The van der Waals surface area contributed by atoms with Gasteiger partial charge in [-0.2, -0.15) is 0 Å². The standard InChI is InChI=1S/C14H22N2O2S2/c1-2-5-11-10-13(11)16-20(17,18)9-8-19-14-7-4-3-6-12(14)15/h3-4,6-7,11,13,16H,2,5,8-10,15H2,1H3. The van der Waals surface area contributed by atoms with Crippen LogP contribution in [0, 0.1) is 5.92 Å². The van der Waals surface area contributed by atoms with Gasteiger partial charge in [-0.15, -0.1) is 11.8 Å². The van der Waals surface area contributed by atoms with E-state index in [2.05, 4.69) is 11.6 Å². The first-order valence-corrected chi connectivity index (χ1v) is 9.63. The minimum absolute atomic E-state index is 0.140. The van der Waals surface area contributed by atoms with Crippen molar-refractivity contribution in [2.75, 3.05) is 17.2 Å². The van der Waals surface area contributed by atoms with Gasteiger partial charge >= 0.3 is 0 Å². The lowest BCUT2D eigenvalue weighted by Crippen LogP contribution is -2.30. The molecule has 1 aliphatic carbocycles. The van der Waals surface area contributed by atoms with E-state index in [4.69, 9.17) is 5.73 Å². The second-order valence-corrected chi connectivity index (χ2v) is 8.22. The molecule has 2 rings (SSSR count). The van der Waals surface area contributed by atoms with E-state index in [-0.39, 0.29) is 11.8 Å². The number of rotatable bonds is 8. The van der Waals surface area contributed by atoms with Gasteiger partial charge in [-0.05, 0) is 30.9 Å². The van der Waals surface area contributed by atoms with Gasteiger partial charge in [0.05, 0.1) is 5.75 Å². The maximum absolute atomic E-state index is 12.0. The molecule has 2 atom stereocenters. The molecule has 2 unspecified atom stereocenters. The number of thioether (sulfide) groups is 1. The zero-order valence-electron chi connectivity index (χ0n) is 11.7. The van der Waals surface area contributed by atoms with Gasteiger partial charge in [0.15, 0.2) is 0 Å². The Labute approximate surface area is 125 Å². The summed E-state index contributed by atoms with van der Waals surface area (Å²) in [6, 6.07) is 7.70. The summed E-state index contributed by atoms with van der Waals surface area (Å²) in [6.45, 7) is 2.13. The normalized spacial score (nSPS) is 21.9. The Hall–Kier alpha value is -0.720. The van der Waals surface area contributed by atoms with Gasteiger partial charge in [0, 0.05) is 22.4 Å². The Bertz CT molecular complexity index is 546. The molecule has 4 nitrogen and oxygen atoms in total. The lowest BCUT2D eigenvalue weighted by molar-refractivity contribution is 0.574. The van der Waals surface area contributed by atoms with Gasteiger partial charge in [0.2, 0.25) is 10.0 Å². The highest BCUT2D eigenvalue weighted by molar-refractivity contribution is 8.00. The molecule has 0 amide bonds. The average Bonchev–Trinajstić information content (AvgIpc) is 3.09. The zero-order chi connectivity index (χ0) is 14.6. The molecule has 0 heterocycles. The summed E-state index contributed by atoms with van der Waals surface area (Å²) in [6.07, 6.45) is 3.22. The highest BCUT2D eigenvalue weighted by atomic mass is 32.2. The molecule has 0 aromatic heterocycles. The van der Waals surface area contributed by atoms with E-state index in [1.165, 1.54) is 11.8 Å². The maximum atomic E-state index is 12.0. The van der Waals surface area contributed by atoms with E-state index >= 15 is 0 Å². The van der Waals surface area contributed by atoms with Crippen molar-refractivity contribution in [3.05, 3.63) is 24.3 Å². The van der Waals surface area contributed by atoms with Crippen LogP contribution in [-0.4, -0.2) is 26.0 Å². The van der Waals surface area contributed by atoms with Crippen LogP contribution in [0.15, 0.2) is 29.2 Å². The Balaban J connectivity index is 1.75. The number of benzene rings is 1. The molecule has 112 valence electrons. The minimum atomic E-state index is -3.16. The summed E-state index contributed by atoms with van der Waals surface area (Å²) in [5.41, 5.74) is 6.53. The predicted octanol–water partition coefficient (Wildman–Crippen LogP) is 2.47. The zero-order valence-corrected chi connectivity index (χ0v) is 13.3. The van der Waals surface area contributed by atoms with Crippen LogP contribution in [0.5, 0.6) is 0 Å². The van der Waals surface area contributed by atoms with E-state index < -0.39 is 10.0 Å². The number of anilines is 1. The van der Waals surface area contributed by atoms with E-state index in [0.717, 1.165) is 24.2 Å². The van der Waals surface area contributed by atoms with Gasteiger partial charge in [-0.3, -0.25) is 0 Å². The Morgan fingerprint density at radius 2 is 2.15 bits per heavy atom. The summed E-state index contributed by atoms with van der Waals surface area (Å²) >= 11 is 1.49. The van der Waals surface area contributed by atoms with Crippen molar-refractivity contribution in [3.8, 4) is 0 Å².